The van der Waals surface area contributed by atoms with Crippen molar-refractivity contribution < 1.29 is 27.7 Å². The topological polar surface area (TPSA) is 77.1 Å². The number of pyridine rings is 1. The monoisotopic (exact) mass is 377 g/mol. The van der Waals surface area contributed by atoms with E-state index in [0.717, 1.165) is 41.7 Å². The summed E-state index contributed by atoms with van der Waals surface area (Å²) in [6.07, 6.45) is 5.62. The van der Waals surface area contributed by atoms with Crippen molar-refractivity contribution in [2.24, 2.45) is 11.8 Å². The van der Waals surface area contributed by atoms with Gasteiger partial charge in [-0.15, -0.1) is 6.58 Å². The molecule has 3 aliphatic heterocycles. The van der Waals surface area contributed by atoms with Crippen LogP contribution in [0.25, 0.3) is 10.9 Å². The first kappa shape index (κ1) is 20.6. The largest absolute Gasteiger partial charge is 1.00 e. The molecular weight excluding hydrogens is 352 g/mol. The molecule has 5 nitrogen and oxygen atoms in total. The van der Waals surface area contributed by atoms with Gasteiger partial charge in [0.25, 0.3) is 0 Å². The number of ether oxygens (including phenoxy) is 1. The number of halogens is 1. The lowest BCUT2D eigenvalue weighted by atomic mass is 9.73. The standard InChI is InChI=1S/C20H24N2O2.ClH.H2O/c1-3-13-12-22-9-7-14(13)10-19(22)20(23)16-6-8-21-18-5-4-15(24-2)11-17(16)18;;/h3-6,8,11,13-14,19-20,23H,1,7,9-10,12H2,2H3;1H;1H2/p-1/t13-,14-,19-,20+;;/m0../s1. The van der Waals surface area contributed by atoms with Gasteiger partial charge in [0, 0.05) is 24.2 Å². The van der Waals surface area contributed by atoms with Gasteiger partial charge in [-0.25, -0.2) is 0 Å². The van der Waals surface area contributed by atoms with Gasteiger partial charge in [0.1, 0.15) is 5.75 Å². The Morgan fingerprint density at radius 2 is 2.19 bits per heavy atom. The van der Waals surface area contributed by atoms with Crippen LogP contribution >= 0.6 is 0 Å². The van der Waals surface area contributed by atoms with Gasteiger partial charge in [0.2, 0.25) is 0 Å². The third-order valence-electron chi connectivity index (χ3n) is 5.82. The van der Waals surface area contributed by atoms with Crippen LogP contribution in [0, 0.1) is 11.8 Å². The lowest BCUT2D eigenvalue weighted by molar-refractivity contribution is -0.0444. The number of nitrogens with zero attached hydrogens (tertiary/aromatic N) is 2. The Kier molecular flexibility index (Phi) is 6.64. The van der Waals surface area contributed by atoms with Gasteiger partial charge < -0.3 is 27.7 Å². The quantitative estimate of drug-likeness (QED) is 0.718. The van der Waals surface area contributed by atoms with E-state index in [1.807, 2.05) is 24.3 Å². The molecule has 3 saturated heterocycles. The van der Waals surface area contributed by atoms with E-state index in [0.29, 0.717) is 11.8 Å². The van der Waals surface area contributed by atoms with Gasteiger partial charge >= 0.3 is 0 Å². The van der Waals surface area contributed by atoms with E-state index < -0.39 is 6.10 Å². The molecule has 3 aliphatic rings. The Hall–Kier alpha value is -1.66. The first-order chi connectivity index (χ1) is 11.7. The van der Waals surface area contributed by atoms with Gasteiger partial charge in [-0.1, -0.05) is 6.08 Å². The van der Waals surface area contributed by atoms with Crippen molar-refractivity contribution in [3.63, 3.8) is 0 Å². The number of aliphatic hydroxyl groups excluding tert-OH is 1. The maximum Gasteiger partial charge on any atom is 0.119 e. The smallest absolute Gasteiger partial charge is 0.119 e. The Bertz CT molecular complexity index is 770. The number of aromatic nitrogens is 1. The SMILES string of the molecule is C=C[C@H]1CN2CC[C@H]1C[C@H]2[C@H](O)c1ccnc2ccc(OC)cc12.O.[Cl-]. The van der Waals surface area contributed by atoms with Gasteiger partial charge in [-0.3, -0.25) is 9.88 Å². The van der Waals surface area contributed by atoms with E-state index in [4.69, 9.17) is 4.74 Å². The molecule has 0 amide bonds. The average Bonchev–Trinajstić information content (AvgIpc) is 2.66. The summed E-state index contributed by atoms with van der Waals surface area (Å²) in [5, 5.41) is 12.1. The average molecular weight is 378 g/mol. The van der Waals surface area contributed by atoms with Crippen molar-refractivity contribution in [1.82, 2.24) is 9.88 Å². The number of rotatable bonds is 4. The van der Waals surface area contributed by atoms with Crippen LogP contribution < -0.4 is 17.1 Å². The fourth-order valence-electron chi connectivity index (χ4n) is 4.44. The highest BCUT2D eigenvalue weighted by Crippen LogP contribution is 2.42. The molecule has 5 rings (SSSR count). The van der Waals surface area contributed by atoms with Gasteiger partial charge in [0.15, 0.2) is 0 Å². The highest BCUT2D eigenvalue weighted by Gasteiger charge is 2.42. The normalized spacial score (nSPS) is 27.9. The van der Waals surface area contributed by atoms with Crippen LogP contribution in [0.15, 0.2) is 43.1 Å². The molecule has 2 bridgehead atoms. The van der Waals surface area contributed by atoms with Crippen molar-refractivity contribution in [2.75, 3.05) is 20.2 Å². The molecule has 5 atom stereocenters. The van der Waals surface area contributed by atoms with E-state index in [1.165, 1.54) is 6.42 Å². The molecule has 0 saturated carbocycles. The first-order valence-electron chi connectivity index (χ1n) is 8.68. The number of piperidine rings is 3. The Morgan fingerprint density at radius 3 is 2.85 bits per heavy atom. The minimum absolute atomic E-state index is 0. The maximum atomic E-state index is 11.2. The van der Waals surface area contributed by atoms with Crippen molar-refractivity contribution in [3.8, 4) is 5.75 Å². The summed E-state index contributed by atoms with van der Waals surface area (Å²) in [5.41, 5.74) is 1.85. The molecule has 6 heteroatoms. The lowest BCUT2D eigenvalue weighted by Gasteiger charge is -2.50. The van der Waals surface area contributed by atoms with E-state index in [-0.39, 0.29) is 23.9 Å². The third kappa shape index (κ3) is 3.45. The fraction of sp³-hybridized carbons (Fsp3) is 0.450. The molecule has 26 heavy (non-hydrogen) atoms. The Morgan fingerprint density at radius 1 is 1.38 bits per heavy atom. The summed E-state index contributed by atoms with van der Waals surface area (Å²) in [7, 11) is 1.66. The zero-order valence-electron chi connectivity index (χ0n) is 14.9. The van der Waals surface area contributed by atoms with Crippen molar-refractivity contribution in [3.05, 3.63) is 48.7 Å². The summed E-state index contributed by atoms with van der Waals surface area (Å²) in [5.74, 6) is 2.01. The summed E-state index contributed by atoms with van der Waals surface area (Å²) >= 11 is 0. The number of aliphatic hydroxyl groups is 1. The van der Waals surface area contributed by atoms with E-state index in [9.17, 15) is 5.11 Å². The molecule has 0 spiro atoms. The molecule has 1 aromatic carbocycles. The van der Waals surface area contributed by atoms with Crippen molar-refractivity contribution in [1.29, 1.82) is 0 Å². The van der Waals surface area contributed by atoms with E-state index >= 15 is 0 Å². The zero-order valence-corrected chi connectivity index (χ0v) is 15.7. The zero-order chi connectivity index (χ0) is 16.7. The van der Waals surface area contributed by atoms with Gasteiger partial charge in [-0.05, 0) is 61.1 Å². The number of methoxy groups -OCH3 is 1. The molecule has 0 radical (unpaired) electrons. The Balaban J connectivity index is 0.00000121. The summed E-state index contributed by atoms with van der Waals surface area (Å²) in [4.78, 5) is 6.86. The van der Waals surface area contributed by atoms with Crippen LogP contribution in [0.5, 0.6) is 5.75 Å². The van der Waals surface area contributed by atoms with E-state index in [2.05, 4.69) is 22.5 Å². The predicted octanol–water partition coefficient (Wildman–Crippen LogP) is -0.647. The molecule has 2 aromatic rings. The number of fused-ring (bicyclic) bond motifs is 4. The predicted molar refractivity (Wildman–Crippen MR) is 98.6 cm³/mol. The molecule has 1 aromatic heterocycles. The molecule has 1 unspecified atom stereocenters. The van der Waals surface area contributed by atoms with E-state index in [1.54, 1.807) is 13.3 Å². The van der Waals surface area contributed by atoms with Crippen LogP contribution in [0.3, 0.4) is 0 Å². The second-order valence-electron chi connectivity index (χ2n) is 6.97. The van der Waals surface area contributed by atoms with Crippen molar-refractivity contribution in [2.45, 2.75) is 25.0 Å². The molecule has 3 N–H and O–H groups in total. The van der Waals surface area contributed by atoms with Gasteiger partial charge in [-0.2, -0.15) is 0 Å². The van der Waals surface area contributed by atoms with Gasteiger partial charge in [0.05, 0.1) is 18.7 Å². The number of benzene rings is 1. The Labute approximate surface area is 160 Å². The van der Waals surface area contributed by atoms with Crippen LogP contribution in [0.1, 0.15) is 24.5 Å². The third-order valence-corrected chi connectivity index (χ3v) is 5.82. The lowest BCUT2D eigenvalue weighted by Crippen LogP contribution is -3.00. The van der Waals surface area contributed by atoms with Crippen LogP contribution in [-0.2, 0) is 0 Å². The minimum Gasteiger partial charge on any atom is -1.00 e. The minimum atomic E-state index is -0.504. The molecule has 4 heterocycles. The summed E-state index contributed by atoms with van der Waals surface area (Å²) in [6.45, 7) is 6.07. The second-order valence-corrected chi connectivity index (χ2v) is 6.97. The van der Waals surface area contributed by atoms with Crippen LogP contribution in [0.4, 0.5) is 0 Å². The van der Waals surface area contributed by atoms with Crippen molar-refractivity contribution >= 4 is 10.9 Å². The second kappa shape index (κ2) is 8.35. The molecular formula is C20H26ClN2O3-. The first-order valence-corrected chi connectivity index (χ1v) is 8.68. The van der Waals surface area contributed by atoms with Crippen LogP contribution in [-0.4, -0.2) is 46.7 Å². The highest BCUT2D eigenvalue weighted by atomic mass is 35.5. The summed E-state index contributed by atoms with van der Waals surface area (Å²) < 4.78 is 5.35. The molecule has 3 fully saturated rings. The summed E-state index contributed by atoms with van der Waals surface area (Å²) in [6, 6.07) is 7.96. The number of hydrogen-bond acceptors (Lipinski definition) is 4. The number of hydrogen-bond donors (Lipinski definition) is 1. The van der Waals surface area contributed by atoms with Crippen LogP contribution in [0.2, 0.25) is 0 Å². The maximum absolute atomic E-state index is 11.2. The molecule has 0 aliphatic carbocycles. The fourth-order valence-corrected chi connectivity index (χ4v) is 4.44. The highest BCUT2D eigenvalue weighted by molar-refractivity contribution is 5.83. The molecule has 142 valence electrons.